The largest absolute Gasteiger partial charge is 0.356 e. The highest BCUT2D eigenvalue weighted by Gasteiger charge is 2.31. The molecule has 3 rings (SSSR count). The summed E-state index contributed by atoms with van der Waals surface area (Å²) in [6.45, 7) is 3.61. The third-order valence-corrected chi connectivity index (χ3v) is 2.87. The van der Waals surface area contributed by atoms with Gasteiger partial charge in [-0.1, -0.05) is 11.6 Å². The van der Waals surface area contributed by atoms with Crippen LogP contribution in [0.5, 0.6) is 0 Å². The van der Waals surface area contributed by atoms with Gasteiger partial charge in [0.05, 0.1) is 6.54 Å². The Morgan fingerprint density at radius 1 is 1.53 bits per heavy atom. The molecule has 78 valence electrons. The fraction of sp³-hybridized carbons (Fsp3) is 0.364. The first-order valence-electron chi connectivity index (χ1n) is 5.12. The third kappa shape index (κ3) is 1.22. The Morgan fingerprint density at radius 3 is 3.27 bits per heavy atom. The summed E-state index contributed by atoms with van der Waals surface area (Å²) in [6, 6.07) is 6.13. The molecule has 2 N–H and O–H groups in total. The second kappa shape index (κ2) is 2.97. The van der Waals surface area contributed by atoms with Crippen LogP contribution in [0.15, 0.2) is 23.2 Å². The number of hydrogen-bond donors (Lipinski definition) is 2. The molecule has 2 heterocycles. The van der Waals surface area contributed by atoms with E-state index in [1.807, 2.05) is 17.0 Å². The van der Waals surface area contributed by atoms with E-state index in [1.165, 1.54) is 5.56 Å². The molecular formula is C11H13N3O. The minimum absolute atomic E-state index is 0.638. The Hall–Kier alpha value is -1.55. The molecule has 4 heteroatoms. The summed E-state index contributed by atoms with van der Waals surface area (Å²) in [5.41, 5.74) is 3.27. The molecule has 1 aromatic rings. The highest BCUT2D eigenvalue weighted by molar-refractivity contribution is 6.06. The van der Waals surface area contributed by atoms with Crippen LogP contribution in [-0.4, -0.2) is 35.3 Å². The monoisotopic (exact) mass is 203 g/mol. The van der Waals surface area contributed by atoms with Crippen molar-refractivity contribution in [2.45, 2.75) is 13.3 Å². The summed E-state index contributed by atoms with van der Waals surface area (Å²) in [7, 11) is 0. The van der Waals surface area contributed by atoms with E-state index in [9.17, 15) is 5.11 Å². The van der Waals surface area contributed by atoms with Crippen molar-refractivity contribution in [1.29, 1.82) is 0 Å². The van der Waals surface area contributed by atoms with Gasteiger partial charge in [0, 0.05) is 17.8 Å². The standard InChI is InChI=1S/C11H13N3O/c1-7-2-3-9-8(6-7)10-12-4-5-14(10)11(15)13-9/h2-3,6,11,13,15H,4-5H2,1H3. The van der Waals surface area contributed by atoms with Gasteiger partial charge in [-0.25, -0.2) is 0 Å². The van der Waals surface area contributed by atoms with E-state index >= 15 is 0 Å². The fourth-order valence-corrected chi connectivity index (χ4v) is 2.12. The number of nitrogens with zero attached hydrogens (tertiary/aromatic N) is 2. The number of hydrogen-bond acceptors (Lipinski definition) is 4. The van der Waals surface area contributed by atoms with Crippen molar-refractivity contribution < 1.29 is 5.11 Å². The number of fused-ring (bicyclic) bond motifs is 3. The van der Waals surface area contributed by atoms with Crippen LogP contribution in [0.25, 0.3) is 0 Å². The molecule has 0 bridgehead atoms. The van der Waals surface area contributed by atoms with Gasteiger partial charge in [-0.15, -0.1) is 0 Å². The van der Waals surface area contributed by atoms with Gasteiger partial charge in [-0.2, -0.15) is 0 Å². The molecule has 0 aromatic heterocycles. The number of aryl methyl sites for hydroxylation is 1. The van der Waals surface area contributed by atoms with Gasteiger partial charge < -0.3 is 15.3 Å². The zero-order valence-corrected chi connectivity index (χ0v) is 8.57. The molecule has 1 aromatic carbocycles. The summed E-state index contributed by atoms with van der Waals surface area (Å²) in [5.74, 6) is 0.917. The van der Waals surface area contributed by atoms with Crippen molar-refractivity contribution >= 4 is 11.5 Å². The maximum absolute atomic E-state index is 9.83. The fourth-order valence-electron chi connectivity index (χ4n) is 2.12. The van der Waals surface area contributed by atoms with Crippen LogP contribution in [0.1, 0.15) is 11.1 Å². The van der Waals surface area contributed by atoms with E-state index < -0.39 is 6.35 Å². The Balaban J connectivity index is 2.16. The quantitative estimate of drug-likeness (QED) is 0.654. The van der Waals surface area contributed by atoms with Crippen LogP contribution in [-0.2, 0) is 0 Å². The van der Waals surface area contributed by atoms with E-state index in [4.69, 9.17) is 0 Å². The Morgan fingerprint density at radius 2 is 2.40 bits per heavy atom. The van der Waals surface area contributed by atoms with E-state index in [0.29, 0.717) is 0 Å². The van der Waals surface area contributed by atoms with Crippen molar-refractivity contribution in [3.05, 3.63) is 29.3 Å². The van der Waals surface area contributed by atoms with Crippen LogP contribution in [0, 0.1) is 6.92 Å². The number of aliphatic hydroxyl groups excluding tert-OH is 1. The Kier molecular flexibility index (Phi) is 1.73. The molecule has 0 fully saturated rings. The number of aliphatic imine (C=N–C) groups is 1. The van der Waals surface area contributed by atoms with Gasteiger partial charge in [0.25, 0.3) is 0 Å². The summed E-state index contributed by atoms with van der Waals surface area (Å²) in [6.07, 6.45) is -0.638. The highest BCUT2D eigenvalue weighted by atomic mass is 16.3. The molecule has 0 amide bonds. The minimum atomic E-state index is -0.638. The molecule has 0 saturated carbocycles. The first-order chi connectivity index (χ1) is 7.25. The summed E-state index contributed by atoms with van der Waals surface area (Å²) < 4.78 is 0. The van der Waals surface area contributed by atoms with Gasteiger partial charge in [0.15, 0.2) is 0 Å². The zero-order valence-electron chi connectivity index (χ0n) is 8.57. The zero-order chi connectivity index (χ0) is 10.4. The first-order valence-corrected chi connectivity index (χ1v) is 5.12. The Bertz CT molecular complexity index is 441. The molecule has 1 unspecified atom stereocenters. The molecule has 15 heavy (non-hydrogen) atoms. The number of anilines is 1. The van der Waals surface area contributed by atoms with Crippen molar-refractivity contribution in [3.8, 4) is 0 Å². The summed E-state index contributed by atoms with van der Waals surface area (Å²) in [4.78, 5) is 6.32. The van der Waals surface area contributed by atoms with Gasteiger partial charge in [-0.3, -0.25) is 4.99 Å². The number of nitrogens with one attached hydrogen (secondary N) is 1. The topological polar surface area (TPSA) is 47.9 Å². The summed E-state index contributed by atoms with van der Waals surface area (Å²) in [5, 5.41) is 12.9. The lowest BCUT2D eigenvalue weighted by Crippen LogP contribution is -2.47. The van der Waals surface area contributed by atoms with Gasteiger partial charge in [0.1, 0.15) is 5.84 Å². The molecule has 2 aliphatic rings. The van der Waals surface area contributed by atoms with Crippen LogP contribution in [0.3, 0.4) is 0 Å². The normalized spacial score (nSPS) is 22.9. The lowest BCUT2D eigenvalue weighted by molar-refractivity contribution is 0.0842. The maximum atomic E-state index is 9.83. The van der Waals surface area contributed by atoms with E-state index in [2.05, 4.69) is 23.3 Å². The van der Waals surface area contributed by atoms with Crippen LogP contribution < -0.4 is 5.32 Å². The summed E-state index contributed by atoms with van der Waals surface area (Å²) >= 11 is 0. The lowest BCUT2D eigenvalue weighted by atomic mass is 10.1. The molecule has 0 radical (unpaired) electrons. The van der Waals surface area contributed by atoms with Crippen LogP contribution in [0.4, 0.5) is 5.69 Å². The molecule has 1 atom stereocenters. The molecule has 0 saturated heterocycles. The molecular weight excluding hydrogens is 190 g/mol. The smallest absolute Gasteiger partial charge is 0.206 e. The minimum Gasteiger partial charge on any atom is -0.356 e. The van der Waals surface area contributed by atoms with E-state index in [1.54, 1.807) is 0 Å². The van der Waals surface area contributed by atoms with Crippen LogP contribution >= 0.6 is 0 Å². The van der Waals surface area contributed by atoms with E-state index in [0.717, 1.165) is 30.2 Å². The lowest BCUT2D eigenvalue weighted by Gasteiger charge is -2.33. The average Bonchev–Trinajstić information content (AvgIpc) is 2.69. The third-order valence-electron chi connectivity index (χ3n) is 2.87. The number of rotatable bonds is 0. The second-order valence-electron chi connectivity index (χ2n) is 3.97. The first kappa shape index (κ1) is 8.73. The average molecular weight is 203 g/mol. The molecule has 4 nitrogen and oxygen atoms in total. The molecule has 2 aliphatic heterocycles. The van der Waals surface area contributed by atoms with Crippen molar-refractivity contribution in [3.63, 3.8) is 0 Å². The van der Waals surface area contributed by atoms with Crippen molar-refractivity contribution in [2.24, 2.45) is 4.99 Å². The van der Waals surface area contributed by atoms with Gasteiger partial charge >= 0.3 is 0 Å². The molecule has 0 aliphatic carbocycles. The number of benzene rings is 1. The SMILES string of the molecule is Cc1ccc2c(c1)C1=NCCN1C(O)N2. The van der Waals surface area contributed by atoms with Crippen molar-refractivity contribution in [1.82, 2.24) is 4.90 Å². The van der Waals surface area contributed by atoms with Gasteiger partial charge in [0.2, 0.25) is 6.35 Å². The van der Waals surface area contributed by atoms with Gasteiger partial charge in [-0.05, 0) is 19.1 Å². The predicted molar refractivity (Wildman–Crippen MR) is 58.9 cm³/mol. The number of aliphatic hydroxyl groups is 1. The highest BCUT2D eigenvalue weighted by Crippen LogP contribution is 2.27. The Labute approximate surface area is 88.2 Å². The second-order valence-corrected chi connectivity index (χ2v) is 3.97. The number of amidine groups is 1. The van der Waals surface area contributed by atoms with Crippen molar-refractivity contribution in [2.75, 3.05) is 18.4 Å². The predicted octanol–water partition coefficient (Wildman–Crippen LogP) is 0.759. The molecule has 0 spiro atoms. The maximum Gasteiger partial charge on any atom is 0.206 e. The van der Waals surface area contributed by atoms with E-state index in [-0.39, 0.29) is 0 Å². The van der Waals surface area contributed by atoms with Crippen LogP contribution in [0.2, 0.25) is 0 Å².